The molecule has 6 heterocycles. The molecule has 12 nitrogen and oxygen atoms in total. The van der Waals surface area contributed by atoms with E-state index in [4.69, 9.17) is 10.5 Å². The van der Waals surface area contributed by atoms with Crippen LogP contribution in [0.4, 0.5) is 10.1 Å². The number of piperazine rings is 1. The van der Waals surface area contributed by atoms with Gasteiger partial charge in [0, 0.05) is 61.2 Å². The molecule has 1 saturated carbocycles. The van der Waals surface area contributed by atoms with E-state index in [2.05, 4.69) is 35.4 Å². The summed E-state index contributed by atoms with van der Waals surface area (Å²) in [5.74, 6) is -0.411. The topological polar surface area (TPSA) is 155 Å². The number of carbonyl (C=O) groups excluding carboxylic acids is 2. The number of carbonyl (C=O) groups is 2. The lowest BCUT2D eigenvalue weighted by Crippen LogP contribution is -2.51. The van der Waals surface area contributed by atoms with Crippen molar-refractivity contribution < 1.29 is 18.7 Å². The summed E-state index contributed by atoms with van der Waals surface area (Å²) in [7, 11) is 1.44. The minimum absolute atomic E-state index is 0.0933. The Morgan fingerprint density at radius 1 is 1.20 bits per heavy atom. The van der Waals surface area contributed by atoms with Crippen LogP contribution in [0.3, 0.4) is 0 Å². The molecule has 3 aromatic rings. The van der Waals surface area contributed by atoms with Crippen molar-refractivity contribution in [1.82, 2.24) is 35.4 Å². The van der Waals surface area contributed by atoms with Gasteiger partial charge >= 0.3 is 0 Å². The molecule has 41 heavy (non-hydrogen) atoms. The lowest BCUT2D eigenvalue weighted by atomic mass is 9.86. The molecular weight excluding hydrogens is 529 g/mol. The average Bonchev–Trinajstić information content (AvgIpc) is 3.45. The van der Waals surface area contributed by atoms with Crippen LogP contribution in [-0.4, -0.2) is 86.2 Å². The van der Waals surface area contributed by atoms with Gasteiger partial charge in [-0.3, -0.25) is 14.7 Å². The number of amides is 2. The quantitative estimate of drug-likeness (QED) is 0.387. The standard InChI is InChI=1S/C28H32FN9O3/c1-41-25-6-20(21(29)13-34-25)22-7-23(36-35-22)27(40)38-3-2-15(26(30)39)8-28(38)9-16(28)4-24-32-11-19(12-33-24)37-14-17-5-18(37)10-31-17/h6-7,11-13,15-18,31H,2-5,8-10,14H2,1H3,(H2,30,39)(H,35,36)/t15?,16?,17-,18-,28?/m0/s1. The van der Waals surface area contributed by atoms with E-state index in [1.54, 1.807) is 0 Å². The van der Waals surface area contributed by atoms with Crippen molar-refractivity contribution in [3.63, 3.8) is 0 Å². The first-order valence-corrected chi connectivity index (χ1v) is 14.0. The number of rotatable bonds is 7. The van der Waals surface area contributed by atoms with E-state index >= 15 is 0 Å². The summed E-state index contributed by atoms with van der Waals surface area (Å²) < 4.78 is 19.6. The number of piperidine rings is 1. The Hall–Kier alpha value is -4.13. The smallest absolute Gasteiger partial charge is 0.272 e. The molecule has 3 aliphatic heterocycles. The Morgan fingerprint density at radius 3 is 2.73 bits per heavy atom. The van der Waals surface area contributed by atoms with E-state index in [1.165, 1.54) is 19.2 Å². The SMILES string of the molecule is COc1cc(-c2cc(C(=O)N3CCC(C(N)=O)CC34CC4Cc3ncc(N4C[C@@H]5C[C@H]4CN5)cn3)[nH]n2)c(F)cn1. The lowest BCUT2D eigenvalue weighted by Gasteiger charge is -2.40. The van der Waals surface area contributed by atoms with E-state index in [9.17, 15) is 14.0 Å². The van der Waals surface area contributed by atoms with Gasteiger partial charge in [-0.1, -0.05) is 0 Å². The second kappa shape index (κ2) is 9.75. The molecule has 3 saturated heterocycles. The predicted molar refractivity (Wildman–Crippen MR) is 145 cm³/mol. The Bertz CT molecular complexity index is 1500. The van der Waals surface area contributed by atoms with Gasteiger partial charge in [0.15, 0.2) is 5.82 Å². The molecule has 2 bridgehead atoms. The number of aromatic amines is 1. The molecule has 5 atom stereocenters. The van der Waals surface area contributed by atoms with Gasteiger partial charge in [0.05, 0.1) is 37.1 Å². The molecular formula is C28H32FN9O3. The first kappa shape index (κ1) is 25.8. The predicted octanol–water partition coefficient (Wildman–Crippen LogP) is 1.30. The van der Waals surface area contributed by atoms with Crippen molar-refractivity contribution >= 4 is 17.5 Å². The van der Waals surface area contributed by atoms with E-state index in [0.29, 0.717) is 37.9 Å². The third kappa shape index (κ3) is 4.48. The zero-order valence-corrected chi connectivity index (χ0v) is 22.7. The highest BCUT2D eigenvalue weighted by Gasteiger charge is 2.62. The van der Waals surface area contributed by atoms with E-state index < -0.39 is 11.4 Å². The number of nitrogens with zero attached hydrogens (tertiary/aromatic N) is 6. The number of likely N-dealkylation sites (tertiary alicyclic amines) is 1. The van der Waals surface area contributed by atoms with Gasteiger partial charge in [-0.05, 0) is 37.7 Å². The number of primary amides is 1. The number of H-pyrrole nitrogens is 1. The number of hydrogen-bond acceptors (Lipinski definition) is 9. The van der Waals surface area contributed by atoms with E-state index in [-0.39, 0.29) is 46.5 Å². The third-order valence-electron chi connectivity index (χ3n) is 9.32. The fourth-order valence-electron chi connectivity index (χ4n) is 7.04. The molecule has 13 heteroatoms. The molecule has 4 aliphatic rings. The van der Waals surface area contributed by atoms with Gasteiger partial charge in [0.2, 0.25) is 11.8 Å². The molecule has 0 radical (unpaired) electrons. The van der Waals surface area contributed by atoms with E-state index in [0.717, 1.165) is 43.6 Å². The minimum Gasteiger partial charge on any atom is -0.481 e. The number of aromatic nitrogens is 5. The number of fused-ring (bicyclic) bond motifs is 2. The second-order valence-electron chi connectivity index (χ2n) is 11.6. The molecule has 1 spiro atoms. The maximum atomic E-state index is 14.5. The van der Waals surface area contributed by atoms with Crippen molar-refractivity contribution in [3.8, 4) is 17.1 Å². The minimum atomic E-state index is -0.572. The van der Waals surface area contributed by atoms with Gasteiger partial charge in [0.25, 0.3) is 5.91 Å². The highest BCUT2D eigenvalue weighted by Crippen LogP contribution is 2.56. The van der Waals surface area contributed by atoms with Crippen LogP contribution in [0.15, 0.2) is 30.7 Å². The van der Waals surface area contributed by atoms with Crippen LogP contribution in [0, 0.1) is 17.7 Å². The maximum absolute atomic E-state index is 14.5. The number of halogens is 1. The van der Waals surface area contributed by atoms with Crippen molar-refractivity contribution in [2.75, 3.05) is 31.6 Å². The lowest BCUT2D eigenvalue weighted by molar-refractivity contribution is -0.124. The maximum Gasteiger partial charge on any atom is 0.272 e. The average molecular weight is 562 g/mol. The monoisotopic (exact) mass is 561 g/mol. The summed E-state index contributed by atoms with van der Waals surface area (Å²) in [4.78, 5) is 43.4. The van der Waals surface area contributed by atoms with Crippen molar-refractivity contribution in [2.24, 2.45) is 17.6 Å². The Kier molecular flexibility index (Phi) is 6.14. The normalized spacial score (nSPS) is 28.3. The summed E-state index contributed by atoms with van der Waals surface area (Å²) in [6, 6.07) is 4.01. The fraction of sp³-hybridized carbons (Fsp3) is 0.500. The zero-order chi connectivity index (χ0) is 28.3. The number of pyridine rings is 1. The molecule has 3 unspecified atom stereocenters. The highest BCUT2D eigenvalue weighted by atomic mass is 19.1. The molecule has 4 fully saturated rings. The van der Waals surface area contributed by atoms with Gasteiger partial charge in [-0.2, -0.15) is 5.10 Å². The van der Waals surface area contributed by atoms with Crippen LogP contribution in [0.2, 0.25) is 0 Å². The van der Waals surface area contributed by atoms with Gasteiger partial charge in [0.1, 0.15) is 11.5 Å². The molecule has 1 aliphatic carbocycles. The fourth-order valence-corrected chi connectivity index (χ4v) is 7.04. The number of nitrogens with two attached hydrogens (primary N) is 1. The number of methoxy groups -OCH3 is 1. The van der Waals surface area contributed by atoms with Crippen molar-refractivity contribution in [2.45, 2.75) is 49.7 Å². The molecule has 7 rings (SSSR count). The Morgan fingerprint density at radius 2 is 2.02 bits per heavy atom. The van der Waals surface area contributed by atoms with Crippen LogP contribution >= 0.6 is 0 Å². The van der Waals surface area contributed by atoms with Crippen LogP contribution in [0.25, 0.3) is 11.3 Å². The Labute approximate surface area is 235 Å². The molecule has 4 N–H and O–H groups in total. The third-order valence-corrected chi connectivity index (χ3v) is 9.32. The summed E-state index contributed by atoms with van der Waals surface area (Å²) in [5.41, 5.74) is 6.92. The van der Waals surface area contributed by atoms with Crippen molar-refractivity contribution in [1.29, 1.82) is 0 Å². The van der Waals surface area contributed by atoms with Gasteiger partial charge in [-0.15, -0.1) is 0 Å². The largest absolute Gasteiger partial charge is 0.481 e. The number of nitrogens with one attached hydrogen (secondary N) is 2. The van der Waals surface area contributed by atoms with Crippen LogP contribution < -0.4 is 20.7 Å². The van der Waals surface area contributed by atoms with E-state index in [1.807, 2.05) is 17.3 Å². The van der Waals surface area contributed by atoms with Gasteiger partial charge in [-0.25, -0.2) is 19.3 Å². The first-order chi connectivity index (χ1) is 19.8. The highest BCUT2D eigenvalue weighted by molar-refractivity contribution is 5.94. The second-order valence-corrected chi connectivity index (χ2v) is 11.6. The summed E-state index contributed by atoms with van der Waals surface area (Å²) in [5, 5.41) is 10.5. The molecule has 2 amide bonds. The number of hydrogen-bond donors (Lipinski definition) is 3. The summed E-state index contributed by atoms with van der Waals surface area (Å²) >= 11 is 0. The van der Waals surface area contributed by atoms with Crippen LogP contribution in [0.5, 0.6) is 5.88 Å². The number of anilines is 1. The van der Waals surface area contributed by atoms with Gasteiger partial charge < -0.3 is 25.6 Å². The Balaban J connectivity index is 1.10. The molecule has 3 aromatic heterocycles. The van der Waals surface area contributed by atoms with Crippen LogP contribution in [-0.2, 0) is 11.2 Å². The van der Waals surface area contributed by atoms with Crippen molar-refractivity contribution in [3.05, 3.63) is 48.1 Å². The van der Waals surface area contributed by atoms with Crippen LogP contribution in [0.1, 0.15) is 42.0 Å². The molecule has 0 aromatic carbocycles. The number of ether oxygens (including phenoxy) is 1. The summed E-state index contributed by atoms with van der Waals surface area (Å²) in [6.07, 6.45) is 8.32. The summed E-state index contributed by atoms with van der Waals surface area (Å²) in [6.45, 7) is 2.35. The first-order valence-electron chi connectivity index (χ1n) is 14.0. The molecule has 214 valence electrons. The zero-order valence-electron chi connectivity index (χ0n) is 22.7.